The Hall–Kier alpha value is -2.20. The van der Waals surface area contributed by atoms with Crippen LogP contribution in [0.2, 0.25) is 0 Å². The highest BCUT2D eigenvalue weighted by molar-refractivity contribution is 5.92. The number of aliphatic hydroxyl groups is 1. The summed E-state index contributed by atoms with van der Waals surface area (Å²) in [6, 6.07) is -3.08. The van der Waals surface area contributed by atoms with Crippen LogP contribution < -0.4 is 21.7 Å². The minimum absolute atomic E-state index is 0.105. The van der Waals surface area contributed by atoms with E-state index >= 15 is 0 Å². The minimum Gasteiger partial charge on any atom is -0.480 e. The lowest BCUT2D eigenvalue weighted by Gasteiger charge is -2.21. The lowest BCUT2D eigenvalue weighted by molar-refractivity contribution is -0.142. The third kappa shape index (κ3) is 8.44. The minimum atomic E-state index is -1.45. The lowest BCUT2D eigenvalue weighted by atomic mass is 10.0. The van der Waals surface area contributed by atoms with Crippen molar-refractivity contribution < 1.29 is 29.4 Å². The summed E-state index contributed by atoms with van der Waals surface area (Å²) in [5.74, 6) is -3.13. The summed E-state index contributed by atoms with van der Waals surface area (Å²) in [5, 5.41) is 24.4. The first kappa shape index (κ1) is 21.8. The van der Waals surface area contributed by atoms with Crippen molar-refractivity contribution in [3.63, 3.8) is 0 Å². The molecule has 7 N–H and O–H groups in total. The van der Waals surface area contributed by atoms with Crippen LogP contribution in [0.1, 0.15) is 27.2 Å². The molecule has 0 spiro atoms. The zero-order valence-electron chi connectivity index (χ0n) is 14.0. The molecule has 3 atom stereocenters. The third-order valence-electron chi connectivity index (χ3n) is 2.99. The average Bonchev–Trinajstić information content (AvgIpc) is 2.48. The van der Waals surface area contributed by atoms with E-state index in [4.69, 9.17) is 15.9 Å². The SMILES string of the molecule is CC(C)CC(NC(=O)C(C)N)C(=O)NCC(=O)NC(CO)C(=O)O. The van der Waals surface area contributed by atoms with Crippen LogP contribution in [0.4, 0.5) is 0 Å². The molecule has 0 aromatic heterocycles. The fourth-order valence-corrected chi connectivity index (χ4v) is 1.73. The highest BCUT2D eigenvalue weighted by Gasteiger charge is 2.24. The van der Waals surface area contributed by atoms with Gasteiger partial charge in [-0.1, -0.05) is 13.8 Å². The molecule has 0 radical (unpaired) electrons. The van der Waals surface area contributed by atoms with Crippen molar-refractivity contribution in [2.24, 2.45) is 11.7 Å². The molecule has 3 unspecified atom stereocenters. The summed E-state index contributed by atoms with van der Waals surface area (Å²) in [5.41, 5.74) is 5.45. The molecule has 24 heavy (non-hydrogen) atoms. The number of carbonyl (C=O) groups is 4. The molecule has 0 saturated carbocycles. The zero-order valence-corrected chi connectivity index (χ0v) is 14.0. The average molecular weight is 346 g/mol. The molecule has 0 aliphatic carbocycles. The number of aliphatic hydroxyl groups excluding tert-OH is 1. The Kier molecular flexibility index (Phi) is 9.58. The summed E-state index contributed by atoms with van der Waals surface area (Å²) in [6.07, 6.45) is 0.348. The van der Waals surface area contributed by atoms with E-state index in [1.54, 1.807) is 0 Å². The van der Waals surface area contributed by atoms with Crippen molar-refractivity contribution in [2.45, 2.75) is 45.3 Å². The predicted octanol–water partition coefficient (Wildman–Crippen LogP) is -2.46. The molecule has 3 amide bonds. The first-order valence-corrected chi connectivity index (χ1v) is 7.55. The van der Waals surface area contributed by atoms with Crippen LogP contribution in [0.15, 0.2) is 0 Å². The zero-order chi connectivity index (χ0) is 18.9. The van der Waals surface area contributed by atoms with Gasteiger partial charge >= 0.3 is 5.97 Å². The molecule has 0 aliphatic rings. The Morgan fingerprint density at radius 2 is 1.58 bits per heavy atom. The number of carbonyl (C=O) groups excluding carboxylic acids is 3. The third-order valence-corrected chi connectivity index (χ3v) is 2.99. The molecule has 0 saturated heterocycles. The fraction of sp³-hybridized carbons (Fsp3) is 0.714. The van der Waals surface area contributed by atoms with Crippen molar-refractivity contribution >= 4 is 23.7 Å². The topological polar surface area (TPSA) is 171 Å². The van der Waals surface area contributed by atoms with E-state index in [2.05, 4.69) is 10.6 Å². The van der Waals surface area contributed by atoms with Gasteiger partial charge in [-0.05, 0) is 19.3 Å². The first-order chi connectivity index (χ1) is 11.1. The molecule has 138 valence electrons. The molecule has 0 rings (SSSR count). The Balaban J connectivity index is 4.62. The van der Waals surface area contributed by atoms with Crippen LogP contribution in [0.3, 0.4) is 0 Å². The van der Waals surface area contributed by atoms with E-state index in [1.165, 1.54) is 6.92 Å². The molecular formula is C14H26N4O6. The largest absolute Gasteiger partial charge is 0.480 e. The van der Waals surface area contributed by atoms with Crippen LogP contribution in [0.5, 0.6) is 0 Å². The number of rotatable bonds is 10. The van der Waals surface area contributed by atoms with Gasteiger partial charge in [0.25, 0.3) is 0 Å². The lowest BCUT2D eigenvalue weighted by Crippen LogP contribution is -2.53. The number of nitrogens with two attached hydrogens (primary N) is 1. The van der Waals surface area contributed by atoms with E-state index in [9.17, 15) is 19.2 Å². The Labute approximate surface area is 140 Å². The molecule has 0 aliphatic heterocycles. The number of nitrogens with one attached hydrogen (secondary N) is 3. The van der Waals surface area contributed by atoms with Gasteiger partial charge in [0.15, 0.2) is 0 Å². The van der Waals surface area contributed by atoms with Crippen LogP contribution >= 0.6 is 0 Å². The van der Waals surface area contributed by atoms with Crippen molar-refractivity contribution in [3.05, 3.63) is 0 Å². The van der Waals surface area contributed by atoms with E-state index in [0.29, 0.717) is 6.42 Å². The van der Waals surface area contributed by atoms with Gasteiger partial charge in [-0.15, -0.1) is 0 Å². The van der Waals surface area contributed by atoms with Gasteiger partial charge in [0, 0.05) is 0 Å². The van der Waals surface area contributed by atoms with E-state index in [0.717, 1.165) is 0 Å². The Morgan fingerprint density at radius 1 is 1.00 bits per heavy atom. The second kappa shape index (κ2) is 10.6. The molecule has 10 heteroatoms. The Bertz CT molecular complexity index is 466. The number of carboxylic acid groups (broad SMARTS) is 1. The van der Waals surface area contributed by atoms with Gasteiger partial charge < -0.3 is 31.9 Å². The second-order valence-corrected chi connectivity index (χ2v) is 5.84. The number of aliphatic carboxylic acids is 1. The first-order valence-electron chi connectivity index (χ1n) is 7.55. The van der Waals surface area contributed by atoms with Crippen molar-refractivity contribution in [1.29, 1.82) is 0 Å². The van der Waals surface area contributed by atoms with Crippen LogP contribution in [0, 0.1) is 5.92 Å². The molecule has 0 heterocycles. The van der Waals surface area contributed by atoms with Gasteiger partial charge in [0.1, 0.15) is 12.1 Å². The molecule has 0 fully saturated rings. The maximum absolute atomic E-state index is 12.1. The monoisotopic (exact) mass is 346 g/mol. The summed E-state index contributed by atoms with van der Waals surface area (Å²) >= 11 is 0. The smallest absolute Gasteiger partial charge is 0.328 e. The van der Waals surface area contributed by atoms with Crippen LogP contribution in [0.25, 0.3) is 0 Å². The maximum Gasteiger partial charge on any atom is 0.328 e. The van der Waals surface area contributed by atoms with Gasteiger partial charge in [0.05, 0.1) is 19.2 Å². The standard InChI is InChI=1S/C14H26N4O6/c1-7(2)4-9(18-12(21)8(3)15)13(22)16-5-11(20)17-10(6-19)14(23)24/h7-10,19H,4-6,15H2,1-3H3,(H,16,22)(H,17,20)(H,18,21)(H,23,24). The predicted molar refractivity (Wildman–Crippen MR) is 84.7 cm³/mol. The Morgan fingerprint density at radius 3 is 2.00 bits per heavy atom. The van der Waals surface area contributed by atoms with Gasteiger partial charge in [-0.2, -0.15) is 0 Å². The highest BCUT2D eigenvalue weighted by atomic mass is 16.4. The van der Waals surface area contributed by atoms with E-state index in [-0.39, 0.29) is 5.92 Å². The van der Waals surface area contributed by atoms with Crippen molar-refractivity contribution in [2.75, 3.05) is 13.2 Å². The normalized spacial score (nSPS) is 14.4. The molecule has 0 aromatic carbocycles. The van der Waals surface area contributed by atoms with Crippen LogP contribution in [-0.2, 0) is 19.2 Å². The fourth-order valence-electron chi connectivity index (χ4n) is 1.73. The number of amides is 3. The molecular weight excluding hydrogens is 320 g/mol. The number of hydrogen-bond acceptors (Lipinski definition) is 6. The van der Waals surface area contributed by atoms with Gasteiger partial charge in [0.2, 0.25) is 17.7 Å². The molecule has 10 nitrogen and oxygen atoms in total. The van der Waals surface area contributed by atoms with Gasteiger partial charge in [-0.25, -0.2) is 4.79 Å². The summed E-state index contributed by atoms with van der Waals surface area (Å²) in [7, 11) is 0. The summed E-state index contributed by atoms with van der Waals surface area (Å²) in [4.78, 5) is 46.1. The van der Waals surface area contributed by atoms with Crippen molar-refractivity contribution in [1.82, 2.24) is 16.0 Å². The van der Waals surface area contributed by atoms with Gasteiger partial charge in [-0.3, -0.25) is 14.4 Å². The number of carboxylic acids is 1. The van der Waals surface area contributed by atoms with E-state index in [1.807, 2.05) is 19.2 Å². The van der Waals surface area contributed by atoms with Crippen molar-refractivity contribution in [3.8, 4) is 0 Å². The van der Waals surface area contributed by atoms with Crippen LogP contribution in [-0.4, -0.2) is 65.2 Å². The molecule has 0 bridgehead atoms. The summed E-state index contributed by atoms with van der Waals surface area (Å²) < 4.78 is 0. The summed E-state index contributed by atoms with van der Waals surface area (Å²) in [6.45, 7) is 3.96. The second-order valence-electron chi connectivity index (χ2n) is 5.84. The van der Waals surface area contributed by atoms with E-state index < -0.39 is 55.0 Å². The number of hydrogen-bond donors (Lipinski definition) is 6. The highest BCUT2D eigenvalue weighted by Crippen LogP contribution is 2.05. The maximum atomic E-state index is 12.1. The quantitative estimate of drug-likeness (QED) is 0.255. The molecule has 0 aromatic rings.